The molecule has 1 saturated heterocycles. The van der Waals surface area contributed by atoms with Crippen molar-refractivity contribution in [1.82, 2.24) is 34.8 Å². The lowest BCUT2D eigenvalue weighted by Crippen LogP contribution is -2.38. The molecule has 2 aromatic rings. The smallest absolute Gasteiger partial charge is 0.222 e. The molecule has 25 heavy (non-hydrogen) atoms. The Kier molecular flexibility index (Phi) is 4.52. The van der Waals surface area contributed by atoms with Crippen LogP contribution in [0.4, 0.5) is 0 Å². The number of aryl methyl sites for hydroxylation is 2. The SMILES string of the molecule is Cn1cnnc1C1CCN(C(=O)CCc2cc3n(n2)CCNC3)CC1. The Labute approximate surface area is 147 Å². The van der Waals surface area contributed by atoms with Gasteiger partial charge < -0.3 is 14.8 Å². The first-order valence-corrected chi connectivity index (χ1v) is 9.08. The molecule has 4 rings (SSSR count). The molecule has 0 unspecified atom stereocenters. The van der Waals surface area contributed by atoms with E-state index in [1.54, 1.807) is 6.33 Å². The molecule has 2 aromatic heterocycles. The Morgan fingerprint density at radius 3 is 2.88 bits per heavy atom. The third kappa shape index (κ3) is 3.44. The first-order valence-electron chi connectivity index (χ1n) is 9.08. The van der Waals surface area contributed by atoms with E-state index in [9.17, 15) is 4.79 Å². The Balaban J connectivity index is 1.28. The maximum absolute atomic E-state index is 12.5. The summed E-state index contributed by atoms with van der Waals surface area (Å²) in [6.07, 6.45) is 4.93. The Hall–Kier alpha value is -2.22. The number of hydrogen-bond donors (Lipinski definition) is 1. The summed E-state index contributed by atoms with van der Waals surface area (Å²) in [5.74, 6) is 1.67. The highest BCUT2D eigenvalue weighted by Gasteiger charge is 2.26. The number of nitrogens with zero attached hydrogens (tertiary/aromatic N) is 6. The van der Waals surface area contributed by atoms with Crippen LogP contribution in [-0.4, -0.2) is 55.0 Å². The zero-order valence-electron chi connectivity index (χ0n) is 14.7. The predicted octanol–water partition coefficient (Wildman–Crippen LogP) is 0.454. The van der Waals surface area contributed by atoms with Crippen molar-refractivity contribution in [1.29, 1.82) is 0 Å². The highest BCUT2D eigenvalue weighted by Crippen LogP contribution is 2.26. The van der Waals surface area contributed by atoms with Crippen molar-refractivity contribution in [3.63, 3.8) is 0 Å². The molecule has 1 N–H and O–H groups in total. The van der Waals surface area contributed by atoms with Gasteiger partial charge in [-0.1, -0.05) is 0 Å². The maximum Gasteiger partial charge on any atom is 0.222 e. The number of piperidine rings is 1. The minimum Gasteiger partial charge on any atom is -0.343 e. The average molecular weight is 343 g/mol. The molecule has 0 saturated carbocycles. The normalized spacial score (nSPS) is 18.4. The molecule has 0 aliphatic carbocycles. The van der Waals surface area contributed by atoms with Crippen LogP contribution in [0.5, 0.6) is 0 Å². The minimum absolute atomic E-state index is 0.237. The highest BCUT2D eigenvalue weighted by atomic mass is 16.2. The van der Waals surface area contributed by atoms with E-state index in [0.29, 0.717) is 12.3 Å². The first-order chi connectivity index (χ1) is 12.2. The Bertz CT molecular complexity index is 719. The molecule has 2 aliphatic rings. The van der Waals surface area contributed by atoms with Crippen LogP contribution < -0.4 is 5.32 Å². The van der Waals surface area contributed by atoms with Gasteiger partial charge in [0.1, 0.15) is 12.2 Å². The number of amides is 1. The fourth-order valence-electron chi connectivity index (χ4n) is 3.82. The second-order valence-corrected chi connectivity index (χ2v) is 6.98. The van der Waals surface area contributed by atoms with Crippen LogP contribution in [0.3, 0.4) is 0 Å². The van der Waals surface area contributed by atoms with Gasteiger partial charge in [-0.05, 0) is 18.9 Å². The van der Waals surface area contributed by atoms with Crippen LogP contribution in [0, 0.1) is 0 Å². The molecule has 8 nitrogen and oxygen atoms in total. The Morgan fingerprint density at radius 1 is 1.32 bits per heavy atom. The zero-order chi connectivity index (χ0) is 17.2. The lowest BCUT2D eigenvalue weighted by Gasteiger charge is -2.31. The highest BCUT2D eigenvalue weighted by molar-refractivity contribution is 5.76. The molecule has 8 heteroatoms. The summed E-state index contributed by atoms with van der Waals surface area (Å²) < 4.78 is 4.04. The van der Waals surface area contributed by atoms with Crippen LogP contribution in [0.15, 0.2) is 12.4 Å². The van der Waals surface area contributed by atoms with E-state index < -0.39 is 0 Å². The summed E-state index contributed by atoms with van der Waals surface area (Å²) in [7, 11) is 1.98. The molecule has 1 amide bonds. The van der Waals surface area contributed by atoms with Gasteiger partial charge in [-0.2, -0.15) is 5.10 Å². The van der Waals surface area contributed by atoms with Gasteiger partial charge in [-0.15, -0.1) is 10.2 Å². The summed E-state index contributed by atoms with van der Waals surface area (Å²) in [6.45, 7) is 4.36. The van der Waals surface area contributed by atoms with Crippen LogP contribution >= 0.6 is 0 Å². The third-order valence-electron chi connectivity index (χ3n) is 5.27. The van der Waals surface area contributed by atoms with E-state index in [2.05, 4.69) is 31.4 Å². The van der Waals surface area contributed by atoms with Gasteiger partial charge in [0, 0.05) is 52.0 Å². The lowest BCUT2D eigenvalue weighted by atomic mass is 9.95. The molecule has 4 heterocycles. The summed E-state index contributed by atoms with van der Waals surface area (Å²) in [6, 6.07) is 2.12. The molecular weight excluding hydrogens is 318 g/mol. The molecule has 0 aromatic carbocycles. The third-order valence-corrected chi connectivity index (χ3v) is 5.27. The fraction of sp³-hybridized carbons (Fsp3) is 0.647. The number of hydrogen-bond acceptors (Lipinski definition) is 5. The van der Waals surface area contributed by atoms with Crippen molar-refractivity contribution in [2.24, 2.45) is 7.05 Å². The monoisotopic (exact) mass is 343 g/mol. The number of fused-ring (bicyclic) bond motifs is 1. The number of aromatic nitrogens is 5. The van der Waals surface area contributed by atoms with E-state index in [4.69, 9.17) is 0 Å². The van der Waals surface area contributed by atoms with E-state index >= 15 is 0 Å². The van der Waals surface area contributed by atoms with Crippen molar-refractivity contribution in [3.8, 4) is 0 Å². The van der Waals surface area contributed by atoms with Gasteiger partial charge in [-0.25, -0.2) is 0 Å². The standard InChI is InChI=1S/C17H25N7O/c1-22-12-19-20-17(22)13-4-7-23(8-5-13)16(25)3-2-14-10-15-11-18-6-9-24(15)21-14/h10,12-13,18H,2-9,11H2,1H3. The quantitative estimate of drug-likeness (QED) is 0.872. The summed E-state index contributed by atoms with van der Waals surface area (Å²) in [4.78, 5) is 14.5. The lowest BCUT2D eigenvalue weighted by molar-refractivity contribution is -0.132. The Morgan fingerprint density at radius 2 is 2.16 bits per heavy atom. The molecule has 0 atom stereocenters. The number of likely N-dealkylation sites (tertiary alicyclic amines) is 1. The van der Waals surface area contributed by atoms with Crippen molar-refractivity contribution in [2.75, 3.05) is 19.6 Å². The molecular formula is C17H25N7O. The van der Waals surface area contributed by atoms with Crippen molar-refractivity contribution >= 4 is 5.91 Å². The van der Waals surface area contributed by atoms with Gasteiger partial charge in [0.15, 0.2) is 0 Å². The van der Waals surface area contributed by atoms with E-state index in [1.807, 2.05) is 16.5 Å². The molecule has 2 aliphatic heterocycles. The topological polar surface area (TPSA) is 80.9 Å². The summed E-state index contributed by atoms with van der Waals surface area (Å²) in [5, 5.41) is 16.1. The molecule has 0 spiro atoms. The van der Waals surface area contributed by atoms with Crippen LogP contribution in [0.25, 0.3) is 0 Å². The van der Waals surface area contributed by atoms with Crippen molar-refractivity contribution in [2.45, 2.75) is 44.7 Å². The van der Waals surface area contributed by atoms with Crippen molar-refractivity contribution < 1.29 is 4.79 Å². The van der Waals surface area contributed by atoms with Gasteiger partial charge >= 0.3 is 0 Å². The first kappa shape index (κ1) is 16.3. The number of carbonyl (C=O) groups is 1. The number of rotatable bonds is 4. The largest absolute Gasteiger partial charge is 0.343 e. The van der Waals surface area contributed by atoms with Crippen LogP contribution in [-0.2, 0) is 31.4 Å². The van der Waals surface area contributed by atoms with Gasteiger partial charge in [-0.3, -0.25) is 9.48 Å². The molecule has 1 fully saturated rings. The van der Waals surface area contributed by atoms with Gasteiger partial charge in [0.25, 0.3) is 0 Å². The van der Waals surface area contributed by atoms with Gasteiger partial charge in [0.2, 0.25) is 5.91 Å². The van der Waals surface area contributed by atoms with Gasteiger partial charge in [0.05, 0.1) is 17.9 Å². The van der Waals surface area contributed by atoms with Crippen LogP contribution in [0.1, 0.15) is 42.4 Å². The van der Waals surface area contributed by atoms with E-state index in [0.717, 1.165) is 63.5 Å². The fourth-order valence-corrected chi connectivity index (χ4v) is 3.82. The second kappa shape index (κ2) is 6.95. The molecule has 0 radical (unpaired) electrons. The second-order valence-electron chi connectivity index (χ2n) is 6.98. The average Bonchev–Trinajstić information content (AvgIpc) is 3.25. The predicted molar refractivity (Wildman–Crippen MR) is 91.8 cm³/mol. The number of nitrogens with one attached hydrogen (secondary N) is 1. The van der Waals surface area contributed by atoms with Crippen LogP contribution in [0.2, 0.25) is 0 Å². The minimum atomic E-state index is 0.237. The van der Waals surface area contributed by atoms with E-state index in [-0.39, 0.29) is 5.91 Å². The van der Waals surface area contributed by atoms with E-state index in [1.165, 1.54) is 5.69 Å². The number of carbonyl (C=O) groups excluding carboxylic acids is 1. The summed E-state index contributed by atoms with van der Waals surface area (Å²) in [5.41, 5.74) is 2.25. The summed E-state index contributed by atoms with van der Waals surface area (Å²) >= 11 is 0. The maximum atomic E-state index is 12.5. The zero-order valence-corrected chi connectivity index (χ0v) is 14.7. The van der Waals surface area contributed by atoms with Crippen molar-refractivity contribution in [3.05, 3.63) is 29.6 Å². The molecule has 0 bridgehead atoms. The molecule has 134 valence electrons.